The Morgan fingerprint density at radius 3 is 2.81 bits per heavy atom. The molecule has 2 aromatic rings. The summed E-state index contributed by atoms with van der Waals surface area (Å²) in [6.45, 7) is 0. The van der Waals surface area contributed by atoms with Gasteiger partial charge in [0.2, 0.25) is 0 Å². The van der Waals surface area contributed by atoms with Crippen molar-refractivity contribution in [2.75, 3.05) is 0 Å². The summed E-state index contributed by atoms with van der Waals surface area (Å²) in [6.07, 6.45) is -0.243. The molecule has 2 N–H and O–H groups in total. The smallest absolute Gasteiger partial charge is 0.254 e. The fourth-order valence-electron chi connectivity index (χ4n) is 2.65. The first-order valence-electron chi connectivity index (χ1n) is 6.58. The second-order valence-electron chi connectivity index (χ2n) is 5.02. The molecular formula is C16H13ClFNO2. The summed E-state index contributed by atoms with van der Waals surface area (Å²) in [5.41, 5.74) is 1.72. The highest BCUT2D eigenvalue weighted by molar-refractivity contribution is 6.31. The Balaban J connectivity index is 1.87. The molecular weight excluding hydrogens is 293 g/mol. The molecule has 3 nitrogen and oxygen atoms in total. The molecule has 2 atom stereocenters. The number of aliphatic hydroxyl groups is 1. The van der Waals surface area contributed by atoms with Crippen LogP contribution in [0.25, 0.3) is 0 Å². The van der Waals surface area contributed by atoms with Gasteiger partial charge in [-0.15, -0.1) is 0 Å². The van der Waals surface area contributed by atoms with Crippen LogP contribution in [0, 0.1) is 5.82 Å². The fraction of sp³-hybridized carbons (Fsp3) is 0.188. The largest absolute Gasteiger partial charge is 0.390 e. The van der Waals surface area contributed by atoms with Crippen LogP contribution in [0.4, 0.5) is 4.39 Å². The summed E-state index contributed by atoms with van der Waals surface area (Å²) in [6, 6.07) is 11.2. The third-order valence-corrected chi connectivity index (χ3v) is 3.98. The topological polar surface area (TPSA) is 49.3 Å². The van der Waals surface area contributed by atoms with Crippen molar-refractivity contribution in [3.63, 3.8) is 0 Å². The van der Waals surface area contributed by atoms with Gasteiger partial charge in [0.25, 0.3) is 5.91 Å². The zero-order valence-electron chi connectivity index (χ0n) is 11.0. The van der Waals surface area contributed by atoms with Crippen LogP contribution in [0.5, 0.6) is 0 Å². The van der Waals surface area contributed by atoms with E-state index >= 15 is 0 Å². The molecule has 1 aliphatic rings. The van der Waals surface area contributed by atoms with Gasteiger partial charge in [-0.1, -0.05) is 41.9 Å². The SMILES string of the molecule is O=C(N[C@H]1c2ccccc2C[C@H]1O)c1cccc(Cl)c1F. The Kier molecular flexibility index (Phi) is 3.66. The lowest BCUT2D eigenvalue weighted by Gasteiger charge is -2.18. The number of hydrogen-bond donors (Lipinski definition) is 2. The van der Waals surface area contributed by atoms with Crippen molar-refractivity contribution in [1.82, 2.24) is 5.32 Å². The number of hydrogen-bond acceptors (Lipinski definition) is 2. The van der Waals surface area contributed by atoms with E-state index in [2.05, 4.69) is 5.32 Å². The molecule has 2 aromatic carbocycles. The third-order valence-electron chi connectivity index (χ3n) is 3.69. The summed E-state index contributed by atoms with van der Waals surface area (Å²) >= 11 is 5.68. The van der Waals surface area contributed by atoms with Gasteiger partial charge in [-0.3, -0.25) is 4.79 Å². The molecule has 0 bridgehead atoms. The zero-order chi connectivity index (χ0) is 15.0. The molecule has 0 heterocycles. The Morgan fingerprint density at radius 1 is 1.24 bits per heavy atom. The molecule has 0 fully saturated rings. The van der Waals surface area contributed by atoms with Gasteiger partial charge in [0, 0.05) is 6.42 Å². The van der Waals surface area contributed by atoms with Gasteiger partial charge < -0.3 is 10.4 Å². The fourth-order valence-corrected chi connectivity index (χ4v) is 2.82. The lowest BCUT2D eigenvalue weighted by molar-refractivity contribution is 0.0854. The number of carbonyl (C=O) groups is 1. The Labute approximate surface area is 126 Å². The molecule has 0 aliphatic heterocycles. The number of amides is 1. The first kappa shape index (κ1) is 14.0. The minimum Gasteiger partial charge on any atom is -0.390 e. The van der Waals surface area contributed by atoms with E-state index in [1.807, 2.05) is 24.3 Å². The molecule has 21 heavy (non-hydrogen) atoms. The Bertz CT molecular complexity index is 704. The van der Waals surface area contributed by atoms with Gasteiger partial charge in [0.1, 0.15) is 0 Å². The number of fused-ring (bicyclic) bond motifs is 1. The van der Waals surface area contributed by atoms with E-state index in [-0.39, 0.29) is 10.6 Å². The number of halogens is 2. The summed E-state index contributed by atoms with van der Waals surface area (Å²) in [4.78, 5) is 12.2. The summed E-state index contributed by atoms with van der Waals surface area (Å²) in [5, 5.41) is 12.7. The minimum absolute atomic E-state index is 0.102. The van der Waals surface area contributed by atoms with Crippen LogP contribution in [0.15, 0.2) is 42.5 Å². The van der Waals surface area contributed by atoms with Crippen molar-refractivity contribution in [3.05, 3.63) is 70.0 Å². The van der Waals surface area contributed by atoms with E-state index in [0.29, 0.717) is 6.42 Å². The van der Waals surface area contributed by atoms with E-state index in [1.54, 1.807) is 0 Å². The predicted molar refractivity (Wildman–Crippen MR) is 77.8 cm³/mol. The van der Waals surface area contributed by atoms with Gasteiger partial charge in [-0.25, -0.2) is 4.39 Å². The first-order valence-corrected chi connectivity index (χ1v) is 6.96. The Morgan fingerprint density at radius 2 is 2.00 bits per heavy atom. The van der Waals surface area contributed by atoms with Gasteiger partial charge in [0.05, 0.1) is 22.7 Å². The number of rotatable bonds is 2. The lowest BCUT2D eigenvalue weighted by atomic mass is 10.1. The van der Waals surface area contributed by atoms with E-state index in [4.69, 9.17) is 11.6 Å². The number of benzene rings is 2. The molecule has 0 saturated carbocycles. The highest BCUT2D eigenvalue weighted by atomic mass is 35.5. The van der Waals surface area contributed by atoms with Gasteiger partial charge in [-0.05, 0) is 23.3 Å². The molecule has 0 aromatic heterocycles. The summed E-state index contributed by atoms with van der Waals surface area (Å²) in [5.74, 6) is -1.34. The molecule has 5 heteroatoms. The molecule has 0 radical (unpaired) electrons. The van der Waals surface area contributed by atoms with Crippen molar-refractivity contribution in [3.8, 4) is 0 Å². The number of carbonyl (C=O) groups excluding carboxylic acids is 1. The molecule has 3 rings (SSSR count). The quantitative estimate of drug-likeness (QED) is 0.896. The van der Waals surface area contributed by atoms with Crippen molar-refractivity contribution in [2.24, 2.45) is 0 Å². The van der Waals surface area contributed by atoms with Gasteiger partial charge >= 0.3 is 0 Å². The second kappa shape index (κ2) is 5.47. The summed E-state index contributed by atoms with van der Waals surface area (Å²) in [7, 11) is 0. The monoisotopic (exact) mass is 305 g/mol. The van der Waals surface area contributed by atoms with Crippen LogP contribution in [0.3, 0.4) is 0 Å². The molecule has 1 aliphatic carbocycles. The maximum Gasteiger partial charge on any atom is 0.254 e. The normalized spacial score (nSPS) is 20.1. The van der Waals surface area contributed by atoms with Crippen LogP contribution in [-0.2, 0) is 6.42 Å². The highest BCUT2D eigenvalue weighted by Gasteiger charge is 2.32. The van der Waals surface area contributed by atoms with Crippen LogP contribution in [-0.4, -0.2) is 17.1 Å². The maximum absolute atomic E-state index is 13.9. The average Bonchev–Trinajstić information content (AvgIpc) is 2.78. The van der Waals surface area contributed by atoms with Crippen LogP contribution >= 0.6 is 11.6 Å². The van der Waals surface area contributed by atoms with Gasteiger partial charge in [0.15, 0.2) is 5.82 Å². The molecule has 0 unspecified atom stereocenters. The minimum atomic E-state index is -0.752. The molecule has 108 valence electrons. The van der Waals surface area contributed by atoms with Crippen LogP contribution < -0.4 is 5.32 Å². The Hall–Kier alpha value is -1.91. The van der Waals surface area contributed by atoms with Gasteiger partial charge in [-0.2, -0.15) is 0 Å². The number of aliphatic hydroxyl groups excluding tert-OH is 1. The molecule has 0 saturated heterocycles. The van der Waals surface area contributed by atoms with E-state index in [0.717, 1.165) is 11.1 Å². The average molecular weight is 306 g/mol. The first-order chi connectivity index (χ1) is 10.1. The van der Waals surface area contributed by atoms with Crippen molar-refractivity contribution in [2.45, 2.75) is 18.6 Å². The summed E-state index contributed by atoms with van der Waals surface area (Å²) < 4.78 is 13.9. The maximum atomic E-state index is 13.9. The zero-order valence-corrected chi connectivity index (χ0v) is 11.8. The number of nitrogens with one attached hydrogen (secondary N) is 1. The lowest BCUT2D eigenvalue weighted by Crippen LogP contribution is -2.34. The highest BCUT2D eigenvalue weighted by Crippen LogP contribution is 2.31. The van der Waals surface area contributed by atoms with E-state index in [1.165, 1.54) is 18.2 Å². The second-order valence-corrected chi connectivity index (χ2v) is 5.43. The van der Waals surface area contributed by atoms with E-state index < -0.39 is 23.9 Å². The van der Waals surface area contributed by atoms with Crippen molar-refractivity contribution < 1.29 is 14.3 Å². The predicted octanol–water partition coefficient (Wildman–Crippen LogP) is 2.87. The van der Waals surface area contributed by atoms with E-state index in [9.17, 15) is 14.3 Å². The van der Waals surface area contributed by atoms with Crippen molar-refractivity contribution in [1.29, 1.82) is 0 Å². The molecule has 0 spiro atoms. The van der Waals surface area contributed by atoms with Crippen LogP contribution in [0.2, 0.25) is 5.02 Å². The standard InChI is InChI=1S/C16H13ClFNO2/c17-12-7-3-6-11(14(12)18)16(21)19-15-10-5-2-1-4-9(10)8-13(15)20/h1-7,13,15,20H,8H2,(H,19,21)/t13-,15+/m1/s1. The van der Waals surface area contributed by atoms with Crippen LogP contribution in [0.1, 0.15) is 27.5 Å². The third kappa shape index (κ3) is 2.52. The van der Waals surface area contributed by atoms with Crippen molar-refractivity contribution >= 4 is 17.5 Å². The molecule has 1 amide bonds.